The van der Waals surface area contributed by atoms with E-state index in [1.54, 1.807) is 0 Å². The van der Waals surface area contributed by atoms with E-state index in [4.69, 9.17) is 0 Å². The summed E-state index contributed by atoms with van der Waals surface area (Å²) in [5, 5.41) is 0. The van der Waals surface area contributed by atoms with Gasteiger partial charge < -0.3 is 0 Å². The number of hydrogen-bond donors (Lipinski definition) is 0. The molecule has 37 valence electrons. The van der Waals surface area contributed by atoms with Gasteiger partial charge in [0.2, 0.25) is 0 Å². The van der Waals surface area contributed by atoms with Gasteiger partial charge in [-0.2, -0.15) is 0 Å². The van der Waals surface area contributed by atoms with Gasteiger partial charge in [-0.15, -0.1) is 0 Å². The summed E-state index contributed by atoms with van der Waals surface area (Å²) in [7, 11) is 0. The molecule has 0 fully saturated rings. The minimum absolute atomic E-state index is 0. The molecule has 0 unspecified atom stereocenters. The molecule has 0 aromatic heterocycles. The molecule has 3 radical (unpaired) electrons. The predicted octanol–water partition coefficient (Wildman–Crippen LogP) is -0.0100. The average Bonchev–Trinajstić information content (AvgIpc) is 0. The largest absolute Gasteiger partial charge is 0 e. The molecule has 0 spiro atoms. The van der Waals surface area contributed by atoms with Crippen LogP contribution in [0.15, 0.2) is 0 Å². The van der Waals surface area contributed by atoms with Crippen molar-refractivity contribution in [3.8, 4) is 0 Å². The van der Waals surface area contributed by atoms with Crippen molar-refractivity contribution in [1.29, 1.82) is 0 Å². The van der Waals surface area contributed by atoms with Crippen LogP contribution in [0.5, 0.6) is 0 Å². The van der Waals surface area contributed by atoms with E-state index in [1.165, 1.54) is 0 Å². The van der Waals surface area contributed by atoms with Crippen LogP contribution in [0.4, 0.5) is 0 Å². The summed E-state index contributed by atoms with van der Waals surface area (Å²) in [6.45, 7) is 0. The fraction of sp³-hybridized carbons (Fsp3) is 0. The second-order valence-corrected chi connectivity index (χ2v) is 0. The predicted molar refractivity (Wildman–Crippen MR) is 0 cm³/mol. The zero-order valence-corrected chi connectivity index (χ0v) is 6.80. The molecule has 0 aliphatic carbocycles. The second-order valence-electron chi connectivity index (χ2n) is 0. The first-order valence-electron chi connectivity index (χ1n) is 0. The Morgan fingerprint density at radius 2 is 1.00 bits per heavy atom. The number of rotatable bonds is 0. The minimum Gasteiger partial charge on any atom is 0 e. The van der Waals surface area contributed by atoms with Crippen LogP contribution in [-0.2, 0) is 71.0 Å². The van der Waals surface area contributed by atoms with Gasteiger partial charge in [-0.25, -0.2) is 0 Å². The molecule has 0 saturated heterocycles. The molecule has 0 aliphatic heterocycles. The van der Waals surface area contributed by atoms with Crippen molar-refractivity contribution in [1.82, 2.24) is 0 Å². The van der Waals surface area contributed by atoms with E-state index in [2.05, 4.69) is 0 Å². The Morgan fingerprint density at radius 1 is 1.00 bits per heavy atom. The Kier molecular flexibility index (Phi) is 165. The Morgan fingerprint density at radius 3 is 1.00 bits per heavy atom. The van der Waals surface area contributed by atoms with Gasteiger partial charge in [0.05, 0.1) is 0 Å². The molecular weight excluding hydrogens is 371 g/mol. The molecule has 4 heavy (non-hydrogen) atoms. The SMILES string of the molecule is [Co].[Cu].[Fe].[Ir]. The van der Waals surface area contributed by atoms with Crippen LogP contribution in [0.25, 0.3) is 0 Å². The molecule has 4 heteroatoms. The Balaban J connectivity index is 0. The first-order valence-corrected chi connectivity index (χ1v) is 0. The van der Waals surface area contributed by atoms with E-state index in [0.29, 0.717) is 0 Å². The summed E-state index contributed by atoms with van der Waals surface area (Å²) in [6, 6.07) is 0. The maximum atomic E-state index is 0. The third-order valence-corrected chi connectivity index (χ3v) is 0. The van der Waals surface area contributed by atoms with Gasteiger partial charge in [-0.05, 0) is 0 Å². The summed E-state index contributed by atoms with van der Waals surface area (Å²) in [4.78, 5) is 0. The summed E-state index contributed by atoms with van der Waals surface area (Å²) in [5.41, 5.74) is 0. The maximum absolute atomic E-state index is 0. The molecule has 0 aromatic rings. The van der Waals surface area contributed by atoms with E-state index in [-0.39, 0.29) is 71.0 Å². The van der Waals surface area contributed by atoms with E-state index in [1.807, 2.05) is 0 Å². The Labute approximate surface area is 70.4 Å². The Hall–Kier alpha value is 2.19. The molecule has 0 nitrogen and oxygen atoms in total. The van der Waals surface area contributed by atoms with Gasteiger partial charge >= 0.3 is 0 Å². The standard InChI is InChI=1S/Co.Cu.Fe.Ir. The maximum Gasteiger partial charge on any atom is 0 e. The van der Waals surface area contributed by atoms with E-state index >= 15 is 0 Å². The first kappa shape index (κ1) is 34.7. The van der Waals surface area contributed by atoms with Crippen molar-refractivity contribution < 1.29 is 71.0 Å². The van der Waals surface area contributed by atoms with Gasteiger partial charge in [0.25, 0.3) is 0 Å². The fourth-order valence-corrected chi connectivity index (χ4v) is 0. The van der Waals surface area contributed by atoms with Crippen LogP contribution in [-0.4, -0.2) is 0 Å². The summed E-state index contributed by atoms with van der Waals surface area (Å²) in [5.74, 6) is 0. The van der Waals surface area contributed by atoms with Crippen LogP contribution in [0.2, 0.25) is 0 Å². The molecule has 0 rings (SSSR count). The van der Waals surface area contributed by atoms with Gasteiger partial charge in [-0.3, -0.25) is 0 Å². The molecule has 0 heterocycles. The van der Waals surface area contributed by atoms with E-state index < -0.39 is 0 Å². The van der Waals surface area contributed by atoms with Crippen LogP contribution in [0.3, 0.4) is 0 Å². The molecule has 0 bridgehead atoms. The quantitative estimate of drug-likeness (QED) is 0.526. The third kappa shape index (κ3) is 8.89. The Bertz CT molecular complexity index is 8.00. The second kappa shape index (κ2) is 19.0. The minimum atomic E-state index is 0. The zero-order chi connectivity index (χ0) is 0. The third-order valence-electron chi connectivity index (χ3n) is 0. The van der Waals surface area contributed by atoms with Crippen molar-refractivity contribution in [3.05, 3.63) is 0 Å². The van der Waals surface area contributed by atoms with Crippen LogP contribution in [0.1, 0.15) is 0 Å². The van der Waals surface area contributed by atoms with Crippen molar-refractivity contribution in [2.45, 2.75) is 0 Å². The summed E-state index contributed by atoms with van der Waals surface area (Å²) in [6.07, 6.45) is 0. The average molecular weight is 371 g/mol. The monoisotopic (exact) mass is 371 g/mol. The van der Waals surface area contributed by atoms with Crippen LogP contribution in [0, 0.1) is 0 Å². The zero-order valence-electron chi connectivity index (χ0n) is 1.32. The molecule has 0 aromatic carbocycles. The first-order chi connectivity index (χ1) is 0. The van der Waals surface area contributed by atoms with E-state index in [9.17, 15) is 0 Å². The van der Waals surface area contributed by atoms with Crippen molar-refractivity contribution >= 4 is 0 Å². The van der Waals surface area contributed by atoms with Crippen molar-refractivity contribution in [2.75, 3.05) is 0 Å². The van der Waals surface area contributed by atoms with Gasteiger partial charge in [0.1, 0.15) is 0 Å². The van der Waals surface area contributed by atoms with Gasteiger partial charge in [0.15, 0.2) is 0 Å². The van der Waals surface area contributed by atoms with Crippen LogP contribution >= 0.6 is 0 Å². The number of hydrogen-bond acceptors (Lipinski definition) is 0. The smallest absolute Gasteiger partial charge is 0 e. The molecule has 0 atom stereocenters. The molecule has 0 N–H and O–H groups in total. The van der Waals surface area contributed by atoms with Crippen molar-refractivity contribution in [3.63, 3.8) is 0 Å². The van der Waals surface area contributed by atoms with Gasteiger partial charge in [-0.1, -0.05) is 0 Å². The normalized spacial score (nSPS) is 0. The molecule has 0 aliphatic rings. The molecule has 0 saturated carbocycles. The summed E-state index contributed by atoms with van der Waals surface area (Å²) >= 11 is 0. The molecular formula is CoCuFeIr. The summed E-state index contributed by atoms with van der Waals surface area (Å²) < 4.78 is 0. The van der Waals surface area contributed by atoms with Gasteiger partial charge in [0, 0.05) is 71.0 Å². The topological polar surface area (TPSA) is 0 Å². The van der Waals surface area contributed by atoms with E-state index in [0.717, 1.165) is 0 Å². The van der Waals surface area contributed by atoms with Crippen LogP contribution < -0.4 is 0 Å². The fourth-order valence-electron chi connectivity index (χ4n) is 0. The van der Waals surface area contributed by atoms with Crippen molar-refractivity contribution in [2.24, 2.45) is 0 Å². The molecule has 0 amide bonds.